The van der Waals surface area contributed by atoms with Crippen molar-refractivity contribution in [1.82, 2.24) is 20.1 Å². The summed E-state index contributed by atoms with van der Waals surface area (Å²) in [6, 6.07) is 26.8. The van der Waals surface area contributed by atoms with Crippen LogP contribution in [0.15, 0.2) is 95.4 Å². The van der Waals surface area contributed by atoms with Gasteiger partial charge in [0.2, 0.25) is 0 Å². The van der Waals surface area contributed by atoms with E-state index in [1.165, 1.54) is 17.3 Å². The molecule has 0 bridgehead atoms. The minimum Gasteiger partial charge on any atom is -0.510 e. The molecule has 0 aliphatic carbocycles. The van der Waals surface area contributed by atoms with Crippen LogP contribution in [0.4, 0.5) is 0 Å². The van der Waals surface area contributed by atoms with Crippen molar-refractivity contribution in [2.24, 2.45) is 0 Å². The lowest BCUT2D eigenvalue weighted by atomic mass is 9.87. The van der Waals surface area contributed by atoms with Gasteiger partial charge in [0.1, 0.15) is 17.6 Å². The van der Waals surface area contributed by atoms with Gasteiger partial charge >= 0.3 is 0 Å². The zero-order chi connectivity index (χ0) is 28.7. The quantitative estimate of drug-likeness (QED) is 0.113. The molecule has 3 aromatic carbocycles. The zero-order valence-corrected chi connectivity index (χ0v) is 23.7. The first kappa shape index (κ1) is 28.5. The van der Waals surface area contributed by atoms with Crippen LogP contribution in [0.1, 0.15) is 31.9 Å². The predicted octanol–water partition coefficient (Wildman–Crippen LogP) is 5.98. The monoisotopic (exact) mass is 553 g/mol. The molecule has 0 unspecified atom stereocenters. The predicted molar refractivity (Wildman–Crippen MR) is 156 cm³/mol. The number of hydrogen-bond acceptors (Lipinski definition) is 7. The average molecular weight is 554 g/mol. The zero-order valence-electron chi connectivity index (χ0n) is 22.9. The Labute approximate surface area is 238 Å². The van der Waals surface area contributed by atoms with Crippen LogP contribution in [0.25, 0.3) is 17.1 Å². The summed E-state index contributed by atoms with van der Waals surface area (Å²) < 4.78 is 7.19. The van der Waals surface area contributed by atoms with Gasteiger partial charge in [0.25, 0.3) is 5.91 Å². The molecular weight excluding hydrogens is 522 g/mol. The fourth-order valence-corrected chi connectivity index (χ4v) is 4.78. The molecule has 40 heavy (non-hydrogen) atoms. The lowest BCUT2D eigenvalue weighted by Gasteiger charge is -2.19. The number of aromatic nitrogens is 3. The number of amides is 1. The molecule has 0 spiro atoms. The Kier molecular flexibility index (Phi) is 8.92. The molecule has 0 aliphatic rings. The van der Waals surface area contributed by atoms with Gasteiger partial charge in [-0.25, -0.2) is 0 Å². The number of benzene rings is 3. The lowest BCUT2D eigenvalue weighted by Crippen LogP contribution is -2.25. The Morgan fingerprint density at radius 3 is 2.30 bits per heavy atom. The van der Waals surface area contributed by atoms with Gasteiger partial charge in [0, 0.05) is 17.8 Å². The van der Waals surface area contributed by atoms with Gasteiger partial charge in [0.05, 0.1) is 12.9 Å². The summed E-state index contributed by atoms with van der Waals surface area (Å²) in [7, 11) is 1.61. The Balaban J connectivity index is 1.61. The first-order valence-electron chi connectivity index (χ1n) is 12.7. The second kappa shape index (κ2) is 12.5. The maximum absolute atomic E-state index is 12.6. The minimum atomic E-state index is -0.638. The van der Waals surface area contributed by atoms with Crippen LogP contribution in [-0.2, 0) is 16.8 Å². The normalized spacial score (nSPS) is 11.9. The van der Waals surface area contributed by atoms with Gasteiger partial charge in [-0.15, -0.1) is 10.2 Å². The molecule has 204 valence electrons. The molecule has 0 saturated carbocycles. The van der Waals surface area contributed by atoms with Crippen molar-refractivity contribution >= 4 is 17.7 Å². The molecular formula is C31H31N5O3S. The van der Waals surface area contributed by atoms with E-state index in [0.29, 0.717) is 16.7 Å². The molecule has 4 aromatic rings. The summed E-state index contributed by atoms with van der Waals surface area (Å²) in [6.45, 7) is 6.73. The van der Waals surface area contributed by atoms with Crippen LogP contribution in [0.2, 0.25) is 0 Å². The molecule has 8 nitrogen and oxygen atoms in total. The number of aliphatic hydroxyl groups excluding tert-OH is 1. The van der Waals surface area contributed by atoms with Gasteiger partial charge in [-0.1, -0.05) is 87.1 Å². The highest BCUT2D eigenvalue weighted by Gasteiger charge is 2.21. The molecule has 4 rings (SSSR count). The van der Waals surface area contributed by atoms with E-state index in [0.717, 1.165) is 16.8 Å². The summed E-state index contributed by atoms with van der Waals surface area (Å²) in [4.78, 5) is 12.6. The Morgan fingerprint density at radius 1 is 1.02 bits per heavy atom. The lowest BCUT2D eigenvalue weighted by molar-refractivity contribution is -0.117. The molecule has 2 N–H and O–H groups in total. The van der Waals surface area contributed by atoms with E-state index in [-0.39, 0.29) is 29.0 Å². The smallest absolute Gasteiger partial charge is 0.265 e. The van der Waals surface area contributed by atoms with E-state index in [9.17, 15) is 15.2 Å². The van der Waals surface area contributed by atoms with Crippen molar-refractivity contribution in [2.75, 3.05) is 12.9 Å². The summed E-state index contributed by atoms with van der Waals surface area (Å²) >= 11 is 1.18. The second-order valence-electron chi connectivity index (χ2n) is 10.1. The largest absolute Gasteiger partial charge is 0.510 e. The van der Waals surface area contributed by atoms with E-state index in [1.54, 1.807) is 7.11 Å². The van der Waals surface area contributed by atoms with Gasteiger partial charge in [0.15, 0.2) is 16.6 Å². The number of carbonyl (C=O) groups is 1. The highest BCUT2D eigenvalue weighted by molar-refractivity contribution is 7.99. The standard InChI is InChI=1S/C31H31N5O3S/c1-31(2,3)23-12-10-22(11-13-23)28-34-35-30(36(28)24-14-16-25(39-4)17-15-24)40-20-27(37)26(18-32)29(38)33-19-21-8-6-5-7-9-21/h5-17,37H,19-20H2,1-4H3,(H,33,38)/b27-26-. The van der Waals surface area contributed by atoms with Gasteiger partial charge in [-0.3, -0.25) is 9.36 Å². The van der Waals surface area contributed by atoms with Crippen molar-refractivity contribution in [3.05, 3.63) is 101 Å². The number of methoxy groups -OCH3 is 1. The van der Waals surface area contributed by atoms with E-state index >= 15 is 0 Å². The Bertz CT molecular complexity index is 1530. The molecule has 9 heteroatoms. The molecule has 0 aliphatic heterocycles. The highest BCUT2D eigenvalue weighted by Crippen LogP contribution is 2.31. The Hall–Kier alpha value is -4.55. The fraction of sp³-hybridized carbons (Fsp3) is 0.226. The Morgan fingerprint density at radius 2 is 1.70 bits per heavy atom. The van der Waals surface area contributed by atoms with Crippen molar-refractivity contribution < 1.29 is 14.6 Å². The number of hydrogen-bond donors (Lipinski definition) is 2. The number of aliphatic hydroxyl groups is 1. The van der Waals surface area contributed by atoms with Crippen molar-refractivity contribution in [3.63, 3.8) is 0 Å². The molecule has 1 heterocycles. The van der Waals surface area contributed by atoms with Crippen molar-refractivity contribution in [1.29, 1.82) is 5.26 Å². The average Bonchev–Trinajstić information content (AvgIpc) is 3.39. The minimum absolute atomic E-state index is 0.0128. The first-order chi connectivity index (χ1) is 19.2. The topological polar surface area (TPSA) is 113 Å². The summed E-state index contributed by atoms with van der Waals surface area (Å²) in [5.74, 6) is 0.318. The van der Waals surface area contributed by atoms with Crippen molar-refractivity contribution in [2.45, 2.75) is 37.9 Å². The second-order valence-corrected chi connectivity index (χ2v) is 11.0. The van der Waals surface area contributed by atoms with E-state index in [1.807, 2.05) is 77.4 Å². The number of rotatable bonds is 9. The number of ether oxygens (including phenoxy) is 1. The SMILES string of the molecule is COc1ccc(-n2c(SC/C(O)=C(\C#N)C(=O)NCc3ccccc3)nnc2-c2ccc(C(C)(C)C)cc2)cc1. The number of nitrogens with zero attached hydrogens (tertiary/aromatic N) is 4. The van der Waals surface area contributed by atoms with E-state index in [2.05, 4.69) is 48.4 Å². The van der Waals surface area contributed by atoms with Crippen LogP contribution in [-0.4, -0.2) is 38.6 Å². The third-order valence-electron chi connectivity index (χ3n) is 6.23. The molecule has 1 amide bonds. The van der Waals surface area contributed by atoms with Gasteiger partial charge in [-0.2, -0.15) is 5.26 Å². The third kappa shape index (κ3) is 6.71. The molecule has 0 saturated heterocycles. The van der Waals surface area contributed by atoms with Crippen LogP contribution in [0.5, 0.6) is 5.75 Å². The number of nitriles is 1. The summed E-state index contributed by atoms with van der Waals surface area (Å²) in [6.07, 6.45) is 0. The molecule has 0 atom stereocenters. The maximum Gasteiger partial charge on any atom is 0.265 e. The molecule has 0 fully saturated rings. The number of thioether (sulfide) groups is 1. The maximum atomic E-state index is 12.6. The van der Waals surface area contributed by atoms with Crippen LogP contribution < -0.4 is 10.1 Å². The van der Waals surface area contributed by atoms with Gasteiger partial charge in [-0.05, 0) is 40.8 Å². The van der Waals surface area contributed by atoms with E-state index in [4.69, 9.17) is 4.74 Å². The van der Waals surface area contributed by atoms with Crippen LogP contribution in [0.3, 0.4) is 0 Å². The highest BCUT2D eigenvalue weighted by atomic mass is 32.2. The van der Waals surface area contributed by atoms with Crippen LogP contribution >= 0.6 is 11.8 Å². The first-order valence-corrected chi connectivity index (χ1v) is 13.7. The summed E-state index contributed by atoms with van der Waals surface area (Å²) in [5.41, 5.74) is 3.44. The number of nitrogens with one attached hydrogen (secondary N) is 1. The van der Waals surface area contributed by atoms with Crippen LogP contribution in [0, 0.1) is 11.3 Å². The summed E-state index contributed by atoms with van der Waals surface area (Å²) in [5, 5.41) is 32.3. The molecule has 1 aromatic heterocycles. The third-order valence-corrected chi connectivity index (χ3v) is 7.17. The molecule has 0 radical (unpaired) electrons. The van der Waals surface area contributed by atoms with Gasteiger partial charge < -0.3 is 15.2 Å². The van der Waals surface area contributed by atoms with E-state index < -0.39 is 5.91 Å². The number of carbonyl (C=O) groups excluding carboxylic acids is 1. The fourth-order valence-electron chi connectivity index (χ4n) is 3.95. The van der Waals surface area contributed by atoms with Crippen molar-refractivity contribution in [3.8, 4) is 28.9 Å².